The molecule has 0 aliphatic carbocycles. The summed E-state index contributed by atoms with van der Waals surface area (Å²) in [7, 11) is -3.60. The summed E-state index contributed by atoms with van der Waals surface area (Å²) in [6.45, 7) is 1.41. The van der Waals surface area contributed by atoms with Crippen molar-refractivity contribution in [2.45, 2.75) is 4.90 Å². The van der Waals surface area contributed by atoms with E-state index >= 15 is 0 Å². The van der Waals surface area contributed by atoms with Gasteiger partial charge in [-0.3, -0.25) is 4.99 Å². The van der Waals surface area contributed by atoms with Gasteiger partial charge in [0.05, 0.1) is 28.8 Å². The molecule has 9 heteroatoms. The number of aromatic hydroxyl groups is 1. The van der Waals surface area contributed by atoms with Gasteiger partial charge in [0.1, 0.15) is 5.75 Å². The van der Waals surface area contributed by atoms with Gasteiger partial charge in [-0.2, -0.15) is 4.31 Å². The molecular weight excluding hydrogens is 399 g/mol. The van der Waals surface area contributed by atoms with Crippen LogP contribution in [0.15, 0.2) is 46.3 Å². The summed E-state index contributed by atoms with van der Waals surface area (Å²) in [4.78, 5) is 4.38. The van der Waals surface area contributed by atoms with Crippen molar-refractivity contribution in [3.8, 4) is 5.75 Å². The molecule has 0 spiro atoms. The number of hydrogen-bond donors (Lipinski definition) is 1. The maximum Gasteiger partial charge on any atom is 0.243 e. The predicted molar refractivity (Wildman–Crippen MR) is 101 cm³/mol. The van der Waals surface area contributed by atoms with Crippen LogP contribution in [0.5, 0.6) is 5.75 Å². The summed E-state index contributed by atoms with van der Waals surface area (Å²) in [6.07, 6.45) is 1.38. The summed E-state index contributed by atoms with van der Waals surface area (Å²) in [5.41, 5.74) is 0.763. The summed E-state index contributed by atoms with van der Waals surface area (Å²) < 4.78 is 32.0. The number of morpholine rings is 1. The van der Waals surface area contributed by atoms with Crippen molar-refractivity contribution in [3.63, 3.8) is 0 Å². The van der Waals surface area contributed by atoms with Crippen molar-refractivity contribution in [1.29, 1.82) is 0 Å². The van der Waals surface area contributed by atoms with E-state index in [9.17, 15) is 13.5 Å². The zero-order valence-corrected chi connectivity index (χ0v) is 15.9. The monoisotopic (exact) mass is 414 g/mol. The summed E-state index contributed by atoms with van der Waals surface area (Å²) >= 11 is 11.8. The molecule has 0 saturated carbocycles. The number of phenolic OH excluding ortho intramolecular Hbond substituents is 1. The Balaban J connectivity index is 1.88. The molecule has 1 aliphatic rings. The predicted octanol–water partition coefficient (Wildman–Crippen LogP) is 3.47. The lowest BCUT2D eigenvalue weighted by molar-refractivity contribution is 0.0730. The van der Waals surface area contributed by atoms with E-state index in [1.54, 1.807) is 12.1 Å². The Labute approximate surface area is 161 Å². The summed E-state index contributed by atoms with van der Waals surface area (Å²) in [6, 6.07) is 9.22. The number of nitrogens with zero attached hydrogens (tertiary/aromatic N) is 2. The highest BCUT2D eigenvalue weighted by Crippen LogP contribution is 2.30. The first-order valence-electron chi connectivity index (χ1n) is 7.78. The Morgan fingerprint density at radius 2 is 1.88 bits per heavy atom. The van der Waals surface area contributed by atoms with E-state index in [-0.39, 0.29) is 15.7 Å². The van der Waals surface area contributed by atoms with E-state index in [1.807, 2.05) is 0 Å². The van der Waals surface area contributed by atoms with Gasteiger partial charge in [0.15, 0.2) is 0 Å². The number of hydrogen-bond acceptors (Lipinski definition) is 5. The summed E-state index contributed by atoms with van der Waals surface area (Å²) in [5.74, 6) is -0.142. The van der Waals surface area contributed by atoms with Crippen LogP contribution in [0, 0.1) is 0 Å². The molecule has 0 atom stereocenters. The van der Waals surface area contributed by atoms with Crippen LogP contribution in [0.1, 0.15) is 5.56 Å². The minimum absolute atomic E-state index is 0.114. The molecule has 1 heterocycles. The first kappa shape index (κ1) is 19.1. The second-order valence-electron chi connectivity index (χ2n) is 5.60. The molecule has 2 aromatic carbocycles. The van der Waals surface area contributed by atoms with Crippen molar-refractivity contribution in [2.75, 3.05) is 26.3 Å². The lowest BCUT2D eigenvalue weighted by Crippen LogP contribution is -2.40. The van der Waals surface area contributed by atoms with E-state index < -0.39 is 10.0 Å². The van der Waals surface area contributed by atoms with Crippen LogP contribution in [-0.4, -0.2) is 50.3 Å². The highest BCUT2D eigenvalue weighted by molar-refractivity contribution is 7.89. The fraction of sp³-hybridized carbons (Fsp3) is 0.235. The molecule has 0 radical (unpaired) electrons. The molecule has 0 amide bonds. The van der Waals surface area contributed by atoms with Gasteiger partial charge in [0, 0.05) is 29.9 Å². The number of aliphatic imine (C=N–C) groups is 1. The second kappa shape index (κ2) is 7.94. The van der Waals surface area contributed by atoms with Crippen molar-refractivity contribution in [3.05, 3.63) is 52.0 Å². The molecule has 0 aromatic heterocycles. The molecule has 1 N–H and O–H groups in total. The van der Waals surface area contributed by atoms with Crippen LogP contribution in [0.4, 0.5) is 5.69 Å². The number of rotatable bonds is 4. The highest BCUT2D eigenvalue weighted by atomic mass is 35.5. The van der Waals surface area contributed by atoms with Crippen LogP contribution in [-0.2, 0) is 14.8 Å². The number of ether oxygens (including phenoxy) is 1. The van der Waals surface area contributed by atoms with Crippen LogP contribution >= 0.6 is 23.2 Å². The van der Waals surface area contributed by atoms with E-state index in [2.05, 4.69) is 4.99 Å². The lowest BCUT2D eigenvalue weighted by Gasteiger charge is -2.26. The minimum Gasteiger partial charge on any atom is -0.506 e. The zero-order chi connectivity index (χ0) is 18.7. The Bertz CT molecular complexity index is 942. The van der Waals surface area contributed by atoms with Gasteiger partial charge < -0.3 is 9.84 Å². The molecule has 1 saturated heterocycles. The van der Waals surface area contributed by atoms with Crippen molar-refractivity contribution in [2.24, 2.45) is 4.99 Å². The topological polar surface area (TPSA) is 79.2 Å². The second-order valence-corrected chi connectivity index (χ2v) is 8.38. The molecule has 3 rings (SSSR count). The largest absolute Gasteiger partial charge is 0.506 e. The van der Waals surface area contributed by atoms with E-state index in [1.165, 1.54) is 34.8 Å². The Hall–Kier alpha value is -1.64. The Morgan fingerprint density at radius 3 is 2.62 bits per heavy atom. The molecule has 6 nitrogen and oxygen atoms in total. The van der Waals surface area contributed by atoms with E-state index in [0.29, 0.717) is 42.6 Å². The Kier molecular flexibility index (Phi) is 5.84. The molecule has 138 valence electrons. The van der Waals surface area contributed by atoms with Crippen LogP contribution < -0.4 is 0 Å². The maximum absolute atomic E-state index is 12.7. The third kappa shape index (κ3) is 4.19. The summed E-state index contributed by atoms with van der Waals surface area (Å²) in [5, 5.41) is 10.4. The number of benzene rings is 2. The normalized spacial score (nSPS) is 16.2. The van der Waals surface area contributed by atoms with Crippen molar-refractivity contribution < 1.29 is 18.3 Å². The molecule has 0 bridgehead atoms. The average Bonchev–Trinajstić information content (AvgIpc) is 2.64. The van der Waals surface area contributed by atoms with Crippen LogP contribution in [0.2, 0.25) is 10.0 Å². The fourth-order valence-electron chi connectivity index (χ4n) is 2.49. The third-order valence-corrected chi connectivity index (χ3v) is 6.24. The van der Waals surface area contributed by atoms with Gasteiger partial charge >= 0.3 is 0 Å². The minimum atomic E-state index is -3.60. The quantitative estimate of drug-likeness (QED) is 0.776. The Morgan fingerprint density at radius 1 is 1.15 bits per heavy atom. The first-order chi connectivity index (χ1) is 12.4. The number of phenols is 1. The number of sulfonamides is 1. The van der Waals surface area contributed by atoms with Crippen molar-refractivity contribution in [1.82, 2.24) is 4.31 Å². The third-order valence-electron chi connectivity index (χ3n) is 3.84. The number of halogens is 2. The molecule has 26 heavy (non-hydrogen) atoms. The standard InChI is InChI=1S/C17H16Cl2N2O4S/c18-13-8-12(17(22)16(19)9-13)11-20-14-2-1-3-15(10-14)26(23,24)21-4-6-25-7-5-21/h1-3,8-11,22H,4-7H2. The van der Waals surface area contributed by atoms with Crippen molar-refractivity contribution >= 4 is 45.1 Å². The van der Waals surface area contributed by atoms with Gasteiger partial charge in [0.2, 0.25) is 10.0 Å². The SMILES string of the molecule is O=S(=O)(c1cccc(N=Cc2cc(Cl)cc(Cl)c2O)c1)N1CCOCC1. The van der Waals surface area contributed by atoms with Gasteiger partial charge in [0.25, 0.3) is 0 Å². The fourth-order valence-corrected chi connectivity index (χ4v) is 4.45. The highest BCUT2D eigenvalue weighted by Gasteiger charge is 2.26. The van der Waals surface area contributed by atoms with Gasteiger partial charge in [-0.15, -0.1) is 0 Å². The molecule has 1 fully saturated rings. The smallest absolute Gasteiger partial charge is 0.243 e. The zero-order valence-electron chi connectivity index (χ0n) is 13.6. The van der Waals surface area contributed by atoms with E-state index in [4.69, 9.17) is 27.9 Å². The van der Waals surface area contributed by atoms with Gasteiger partial charge in [-0.1, -0.05) is 29.3 Å². The lowest BCUT2D eigenvalue weighted by atomic mass is 10.2. The first-order valence-corrected chi connectivity index (χ1v) is 9.97. The van der Waals surface area contributed by atoms with E-state index in [0.717, 1.165) is 0 Å². The average molecular weight is 415 g/mol. The molecular formula is C17H16Cl2N2O4S. The molecule has 0 unspecified atom stereocenters. The van der Waals surface area contributed by atoms with Crippen LogP contribution in [0.3, 0.4) is 0 Å². The molecule has 1 aliphatic heterocycles. The van der Waals surface area contributed by atoms with Gasteiger partial charge in [-0.05, 0) is 30.3 Å². The van der Waals surface area contributed by atoms with Gasteiger partial charge in [-0.25, -0.2) is 8.42 Å². The molecule has 2 aromatic rings. The van der Waals surface area contributed by atoms with Crippen LogP contribution in [0.25, 0.3) is 0 Å². The maximum atomic E-state index is 12.7.